The van der Waals surface area contributed by atoms with Crippen molar-refractivity contribution in [3.63, 3.8) is 0 Å². The van der Waals surface area contributed by atoms with Crippen LogP contribution in [0.1, 0.15) is 39.8 Å². The van der Waals surface area contributed by atoms with Crippen LogP contribution in [0.2, 0.25) is 5.02 Å². The number of phenolic OH excluding ortho intramolecular Hbond substituents is 1. The molecule has 1 N–H and O–H groups in total. The molecule has 3 atom stereocenters. The lowest BCUT2D eigenvalue weighted by Crippen LogP contribution is -2.46. The number of hydrogen-bond donors (Lipinski definition) is 1. The van der Waals surface area contributed by atoms with Crippen molar-refractivity contribution in [2.75, 3.05) is 7.11 Å². The van der Waals surface area contributed by atoms with Gasteiger partial charge in [0.25, 0.3) is 0 Å². The summed E-state index contributed by atoms with van der Waals surface area (Å²) in [7, 11) is 1.58. The van der Waals surface area contributed by atoms with Gasteiger partial charge in [-0.05, 0) is 47.7 Å². The number of rotatable bonds is 4. The Hall–Kier alpha value is -2.58. The predicted octanol–water partition coefficient (Wildman–Crippen LogP) is 6.75. The summed E-state index contributed by atoms with van der Waals surface area (Å²) in [6.07, 6.45) is -0.293. The highest BCUT2D eigenvalue weighted by Crippen LogP contribution is 2.51. The van der Waals surface area contributed by atoms with Crippen LogP contribution in [0.15, 0.2) is 59.1 Å². The van der Waals surface area contributed by atoms with Crippen molar-refractivity contribution >= 4 is 50.1 Å². The number of hydrogen-bond acceptors (Lipinski definition) is 7. The van der Waals surface area contributed by atoms with Gasteiger partial charge in [0.15, 0.2) is 17.7 Å². The van der Waals surface area contributed by atoms with Gasteiger partial charge in [-0.2, -0.15) is 0 Å². The van der Waals surface area contributed by atoms with E-state index in [0.717, 1.165) is 32.1 Å². The second-order valence-corrected chi connectivity index (χ2v) is 10.8. The molecule has 0 saturated heterocycles. The first-order valence-electron chi connectivity index (χ1n) is 10.6. The van der Waals surface area contributed by atoms with Gasteiger partial charge in [0.1, 0.15) is 0 Å². The second-order valence-electron chi connectivity index (χ2n) is 8.28. The van der Waals surface area contributed by atoms with E-state index in [1.165, 1.54) is 9.58 Å². The predicted molar refractivity (Wildman–Crippen MR) is 134 cm³/mol. The Morgan fingerprint density at radius 3 is 2.79 bits per heavy atom. The van der Waals surface area contributed by atoms with E-state index >= 15 is 0 Å². The number of ether oxygens (including phenoxy) is 1. The maximum absolute atomic E-state index is 10.6. The van der Waals surface area contributed by atoms with Crippen molar-refractivity contribution in [3.05, 3.63) is 79.8 Å². The molecule has 168 valence electrons. The lowest BCUT2D eigenvalue weighted by molar-refractivity contribution is -0.0722. The van der Waals surface area contributed by atoms with Crippen LogP contribution in [0.4, 0.5) is 0 Å². The van der Waals surface area contributed by atoms with E-state index in [4.69, 9.17) is 21.2 Å². The highest BCUT2D eigenvalue weighted by Gasteiger charge is 2.48. The van der Waals surface area contributed by atoms with Gasteiger partial charge in [0.2, 0.25) is 0 Å². The molecule has 0 unspecified atom stereocenters. The van der Waals surface area contributed by atoms with Crippen LogP contribution in [0.5, 0.6) is 11.5 Å². The number of methoxy groups -OCH3 is 1. The van der Waals surface area contributed by atoms with Gasteiger partial charge in [0, 0.05) is 26.4 Å². The van der Waals surface area contributed by atoms with E-state index in [0.29, 0.717) is 12.3 Å². The molecule has 0 spiro atoms. The number of benzene rings is 2. The van der Waals surface area contributed by atoms with Crippen molar-refractivity contribution in [1.29, 1.82) is 0 Å². The van der Waals surface area contributed by atoms with Crippen LogP contribution in [0, 0.1) is 0 Å². The summed E-state index contributed by atoms with van der Waals surface area (Å²) >= 11 is 10.3. The van der Waals surface area contributed by atoms with Crippen LogP contribution < -0.4 is 4.74 Å². The summed E-state index contributed by atoms with van der Waals surface area (Å²) in [6, 6.07) is 16.1. The number of fused-ring (bicyclic) bond motifs is 4. The van der Waals surface area contributed by atoms with Crippen molar-refractivity contribution in [3.8, 4) is 11.5 Å². The third-order valence-electron chi connectivity index (χ3n) is 6.45. The van der Waals surface area contributed by atoms with Gasteiger partial charge in [-0.15, -0.1) is 22.7 Å². The van der Waals surface area contributed by atoms with Crippen LogP contribution in [0.3, 0.4) is 0 Å². The molecule has 0 amide bonds. The highest BCUT2D eigenvalue weighted by atomic mass is 35.5. The molecule has 4 aromatic rings. The van der Waals surface area contributed by atoms with Crippen LogP contribution >= 0.6 is 34.3 Å². The van der Waals surface area contributed by atoms with E-state index in [9.17, 15) is 5.11 Å². The van der Waals surface area contributed by atoms with Gasteiger partial charge < -0.3 is 14.7 Å². The molecule has 2 aromatic heterocycles. The topological polar surface area (TPSA) is 54.3 Å². The normalized spacial score (nSPS) is 22.0. The number of thiophene rings is 2. The van der Waals surface area contributed by atoms with Crippen LogP contribution in [0.25, 0.3) is 10.1 Å². The van der Waals surface area contributed by atoms with E-state index in [1.807, 2.05) is 31.2 Å². The first kappa shape index (κ1) is 21.0. The maximum Gasteiger partial charge on any atom is 0.194 e. The van der Waals surface area contributed by atoms with E-state index < -0.39 is 0 Å². The van der Waals surface area contributed by atoms with Gasteiger partial charge >= 0.3 is 0 Å². The first-order valence-corrected chi connectivity index (χ1v) is 12.7. The molecule has 6 rings (SSSR count). The monoisotopic (exact) mass is 496 g/mol. The quantitative estimate of drug-likeness (QED) is 0.339. The molecule has 0 saturated carbocycles. The molecule has 5 nitrogen and oxygen atoms in total. The Bertz CT molecular complexity index is 1380. The summed E-state index contributed by atoms with van der Waals surface area (Å²) in [4.78, 5) is 10.6. The molecule has 33 heavy (non-hydrogen) atoms. The first-order chi connectivity index (χ1) is 16.1. The number of oxime groups is 1. The van der Waals surface area contributed by atoms with E-state index in [1.54, 1.807) is 29.8 Å². The Morgan fingerprint density at radius 2 is 2.03 bits per heavy atom. The molecule has 0 aliphatic carbocycles. The zero-order valence-electron chi connectivity index (χ0n) is 18.0. The molecule has 0 radical (unpaired) electrons. The van der Waals surface area contributed by atoms with Gasteiger partial charge in [-0.3, -0.25) is 0 Å². The fourth-order valence-electron chi connectivity index (χ4n) is 4.96. The van der Waals surface area contributed by atoms with Crippen molar-refractivity contribution in [1.82, 2.24) is 4.90 Å². The summed E-state index contributed by atoms with van der Waals surface area (Å²) in [6.45, 7) is 2.60. The molecular weight excluding hydrogens is 476 g/mol. The third kappa shape index (κ3) is 3.26. The van der Waals surface area contributed by atoms with Crippen molar-refractivity contribution < 1.29 is 14.7 Å². The average Bonchev–Trinajstić information content (AvgIpc) is 3.55. The maximum atomic E-state index is 10.6. The summed E-state index contributed by atoms with van der Waals surface area (Å²) in [5.74, 6) is 0.504. The minimum atomic E-state index is -0.293. The fourth-order valence-corrected chi connectivity index (χ4v) is 7.33. The van der Waals surface area contributed by atoms with Crippen molar-refractivity contribution in [2.45, 2.75) is 31.7 Å². The van der Waals surface area contributed by atoms with E-state index in [2.05, 4.69) is 39.7 Å². The standard InChI is InChI=1S/C25H21ClN2O3S2/c1-13-22-15-10-17(29)18(30-2)11-16(15)24(20-8-5-9-32-20)28(25(22)31-27-13)12-21-23(26)14-6-3-4-7-19(14)33-21/h3-11,22,24-25,29H,12H2,1-2H3/t22-,24+,25-/m1/s1. The fraction of sp³-hybridized carbons (Fsp3) is 0.240. The number of halogens is 1. The molecule has 2 aliphatic heterocycles. The van der Waals surface area contributed by atoms with E-state index in [-0.39, 0.29) is 23.9 Å². The molecule has 8 heteroatoms. The summed E-state index contributed by atoms with van der Waals surface area (Å²) < 4.78 is 6.65. The molecule has 2 aliphatic rings. The van der Waals surface area contributed by atoms with Gasteiger partial charge in [0.05, 0.1) is 29.8 Å². The zero-order valence-corrected chi connectivity index (χ0v) is 20.4. The van der Waals surface area contributed by atoms with Crippen LogP contribution in [-0.4, -0.2) is 29.1 Å². The Balaban J connectivity index is 1.54. The molecule has 0 fully saturated rings. The van der Waals surface area contributed by atoms with Gasteiger partial charge in [-0.25, -0.2) is 4.90 Å². The lowest BCUT2D eigenvalue weighted by atomic mass is 9.81. The second kappa shape index (κ2) is 8.02. The average molecular weight is 497 g/mol. The number of aromatic hydroxyl groups is 1. The third-order valence-corrected chi connectivity index (χ3v) is 9.08. The minimum Gasteiger partial charge on any atom is -0.504 e. The Morgan fingerprint density at radius 1 is 1.18 bits per heavy atom. The minimum absolute atomic E-state index is 0.0822. The van der Waals surface area contributed by atoms with Crippen molar-refractivity contribution in [2.24, 2.45) is 5.16 Å². The zero-order chi connectivity index (χ0) is 22.7. The van der Waals surface area contributed by atoms with Crippen LogP contribution in [-0.2, 0) is 11.4 Å². The van der Waals surface area contributed by atoms with Gasteiger partial charge in [-0.1, -0.05) is 41.0 Å². The highest BCUT2D eigenvalue weighted by molar-refractivity contribution is 7.19. The summed E-state index contributed by atoms with van der Waals surface area (Å²) in [5.41, 5.74) is 3.00. The Kier molecular flexibility index (Phi) is 5.10. The SMILES string of the molecule is COc1cc2c(cc1O)[C@H]1C(C)=NO[C@H]1N(Cc1sc3ccccc3c1Cl)[C@@H]2c1cccs1. The largest absolute Gasteiger partial charge is 0.504 e. The number of nitrogens with zero attached hydrogens (tertiary/aromatic N) is 2. The summed E-state index contributed by atoms with van der Waals surface area (Å²) in [5, 5.41) is 18.9. The molecule has 0 bridgehead atoms. The molecule has 4 heterocycles. The molecular formula is C25H21ClN2O3S2. The Labute approximate surface area is 204 Å². The lowest BCUT2D eigenvalue weighted by Gasteiger charge is -2.42. The molecule has 2 aromatic carbocycles. The smallest absolute Gasteiger partial charge is 0.194 e. The number of phenols is 1.